The van der Waals surface area contributed by atoms with Crippen molar-refractivity contribution in [3.05, 3.63) is 65.7 Å². The number of aliphatic carboxylic acids is 1. The number of hydrogen-bond acceptors (Lipinski definition) is 2. The number of hydrogen-bond donors (Lipinski definition) is 1. The lowest BCUT2D eigenvalue weighted by atomic mass is 10.0. The second-order valence-corrected chi connectivity index (χ2v) is 6.85. The molecule has 2 heterocycles. The van der Waals surface area contributed by atoms with Gasteiger partial charge in [0.1, 0.15) is 5.82 Å². The third kappa shape index (κ3) is 4.41. The maximum atomic E-state index is 13.3. The topological polar surface area (TPSA) is 45.5 Å². The van der Waals surface area contributed by atoms with Gasteiger partial charge in [-0.05, 0) is 55.6 Å². The number of carboxylic acids is 1. The number of aromatic nitrogens is 1. The number of rotatable bonds is 7. The molecule has 0 radical (unpaired) electrons. The normalized spacial score (nSPS) is 18.4. The Kier molecular flexibility index (Phi) is 5.89. The maximum Gasteiger partial charge on any atom is 0.304 e. The largest absolute Gasteiger partial charge is 0.481 e. The molecule has 5 heteroatoms. The van der Waals surface area contributed by atoms with Gasteiger partial charge in [0.2, 0.25) is 0 Å². The third-order valence-electron chi connectivity index (χ3n) is 5.05. The molecule has 1 fully saturated rings. The number of halogens is 1. The van der Waals surface area contributed by atoms with Gasteiger partial charge >= 0.3 is 5.97 Å². The molecular weight excluding hydrogens is 331 g/mol. The molecular formula is C21H25FN2O2. The van der Waals surface area contributed by atoms with E-state index < -0.39 is 5.97 Å². The monoisotopic (exact) mass is 356 g/mol. The van der Waals surface area contributed by atoms with Crippen LogP contribution in [0.2, 0.25) is 0 Å². The van der Waals surface area contributed by atoms with Crippen LogP contribution in [-0.4, -0.2) is 39.7 Å². The first kappa shape index (κ1) is 18.4. The molecule has 2 aromatic rings. The second-order valence-electron chi connectivity index (χ2n) is 6.85. The van der Waals surface area contributed by atoms with Crippen molar-refractivity contribution in [2.45, 2.75) is 31.7 Å². The van der Waals surface area contributed by atoms with E-state index in [1.54, 1.807) is 12.1 Å². The van der Waals surface area contributed by atoms with Gasteiger partial charge in [-0.2, -0.15) is 0 Å². The predicted molar refractivity (Wildman–Crippen MR) is 100 cm³/mol. The van der Waals surface area contributed by atoms with Gasteiger partial charge in [-0.15, -0.1) is 0 Å². The fourth-order valence-electron chi connectivity index (χ4n) is 3.74. The smallest absolute Gasteiger partial charge is 0.304 e. The molecule has 0 unspecified atom stereocenters. The van der Waals surface area contributed by atoms with E-state index >= 15 is 0 Å². The minimum absolute atomic E-state index is 0.144. The Morgan fingerprint density at radius 3 is 2.73 bits per heavy atom. The number of aryl methyl sites for hydroxylation is 1. The van der Waals surface area contributed by atoms with E-state index in [1.807, 2.05) is 19.3 Å². The van der Waals surface area contributed by atoms with E-state index in [0.29, 0.717) is 0 Å². The number of carbonyl (C=O) groups is 1. The van der Waals surface area contributed by atoms with Gasteiger partial charge in [0.25, 0.3) is 0 Å². The molecule has 26 heavy (non-hydrogen) atoms. The van der Waals surface area contributed by atoms with Gasteiger partial charge in [-0.3, -0.25) is 9.69 Å². The second kappa shape index (κ2) is 8.32. The van der Waals surface area contributed by atoms with Crippen LogP contribution in [0.3, 0.4) is 0 Å². The Balaban J connectivity index is 1.76. The molecule has 0 aliphatic carbocycles. The molecule has 0 spiro atoms. The standard InChI is InChI=1S/C21H25FN2O2/c1-23-12-4-7-20(23)19(16-8-10-17(22)11-9-16)6-3-14-24-13-2-5-18(24)15-21(25)26/h4,6-12,18H,2-3,5,13-15H2,1H3,(H,25,26)/t18-/m0/s1. The summed E-state index contributed by atoms with van der Waals surface area (Å²) in [6, 6.07) is 10.8. The van der Waals surface area contributed by atoms with Crippen molar-refractivity contribution >= 4 is 11.5 Å². The number of likely N-dealkylation sites (tertiary alicyclic amines) is 1. The number of carboxylic acid groups (broad SMARTS) is 1. The highest BCUT2D eigenvalue weighted by Gasteiger charge is 2.25. The summed E-state index contributed by atoms with van der Waals surface area (Å²) in [4.78, 5) is 13.3. The molecule has 1 aromatic carbocycles. The Morgan fingerprint density at radius 1 is 1.31 bits per heavy atom. The number of benzene rings is 1. The predicted octanol–water partition coefficient (Wildman–Crippen LogP) is 3.93. The Morgan fingerprint density at radius 2 is 2.08 bits per heavy atom. The fraction of sp³-hybridized carbons (Fsp3) is 0.381. The molecule has 0 saturated carbocycles. The summed E-state index contributed by atoms with van der Waals surface area (Å²) in [5.74, 6) is -0.971. The maximum absolute atomic E-state index is 13.3. The highest BCUT2D eigenvalue weighted by atomic mass is 19.1. The molecule has 4 nitrogen and oxygen atoms in total. The van der Waals surface area contributed by atoms with Crippen molar-refractivity contribution in [2.24, 2.45) is 7.05 Å². The molecule has 3 rings (SSSR count). The first-order valence-electron chi connectivity index (χ1n) is 9.08. The lowest BCUT2D eigenvalue weighted by Crippen LogP contribution is -2.32. The van der Waals surface area contributed by atoms with E-state index in [4.69, 9.17) is 5.11 Å². The molecule has 0 bridgehead atoms. The molecule has 1 aliphatic heterocycles. The van der Waals surface area contributed by atoms with E-state index in [1.165, 1.54) is 12.1 Å². The Bertz CT molecular complexity index is 780. The lowest BCUT2D eigenvalue weighted by Gasteiger charge is -2.22. The summed E-state index contributed by atoms with van der Waals surface area (Å²) in [6.45, 7) is 1.80. The lowest BCUT2D eigenvalue weighted by molar-refractivity contribution is -0.138. The van der Waals surface area contributed by atoms with Gasteiger partial charge in [-0.25, -0.2) is 4.39 Å². The third-order valence-corrected chi connectivity index (χ3v) is 5.05. The van der Waals surface area contributed by atoms with Crippen molar-refractivity contribution in [3.63, 3.8) is 0 Å². The Hall–Kier alpha value is -2.40. The summed E-state index contributed by atoms with van der Waals surface area (Å²) in [7, 11) is 2.00. The quantitative estimate of drug-likeness (QED) is 0.818. The van der Waals surface area contributed by atoms with E-state index in [9.17, 15) is 9.18 Å². The van der Waals surface area contributed by atoms with Crippen molar-refractivity contribution in [1.29, 1.82) is 0 Å². The van der Waals surface area contributed by atoms with Crippen LogP contribution >= 0.6 is 0 Å². The molecule has 0 amide bonds. The average Bonchev–Trinajstić information content (AvgIpc) is 3.21. The van der Waals surface area contributed by atoms with Crippen LogP contribution in [0.15, 0.2) is 48.7 Å². The molecule has 1 N–H and O–H groups in total. The van der Waals surface area contributed by atoms with Crippen LogP contribution in [0, 0.1) is 5.82 Å². The van der Waals surface area contributed by atoms with E-state index in [-0.39, 0.29) is 18.3 Å². The van der Waals surface area contributed by atoms with E-state index in [2.05, 4.69) is 21.6 Å². The minimum atomic E-state index is -0.728. The first-order valence-corrected chi connectivity index (χ1v) is 9.08. The summed E-state index contributed by atoms with van der Waals surface area (Å²) < 4.78 is 15.4. The first-order chi connectivity index (χ1) is 12.5. The molecule has 1 aliphatic rings. The number of nitrogens with zero attached hydrogens (tertiary/aromatic N) is 2. The van der Waals surface area contributed by atoms with Crippen molar-refractivity contribution in [1.82, 2.24) is 9.47 Å². The minimum Gasteiger partial charge on any atom is -0.481 e. The zero-order valence-corrected chi connectivity index (χ0v) is 15.1. The van der Waals surface area contributed by atoms with Crippen molar-refractivity contribution in [3.8, 4) is 0 Å². The van der Waals surface area contributed by atoms with Crippen LogP contribution in [0.1, 0.15) is 36.9 Å². The summed E-state index contributed by atoms with van der Waals surface area (Å²) in [5, 5.41) is 9.06. The highest BCUT2D eigenvalue weighted by Crippen LogP contribution is 2.26. The van der Waals surface area contributed by atoms with Gasteiger partial charge in [0, 0.05) is 37.1 Å². The SMILES string of the molecule is Cn1cccc1C(=CCCN1CCC[C@H]1CC(=O)O)c1ccc(F)cc1. The van der Waals surface area contributed by atoms with Crippen molar-refractivity contribution in [2.75, 3.05) is 13.1 Å². The van der Waals surface area contributed by atoms with Crippen LogP contribution in [0.25, 0.3) is 5.57 Å². The van der Waals surface area contributed by atoms with Crippen LogP contribution in [0.4, 0.5) is 4.39 Å². The van der Waals surface area contributed by atoms with Crippen LogP contribution in [0.5, 0.6) is 0 Å². The average molecular weight is 356 g/mol. The van der Waals surface area contributed by atoms with Gasteiger partial charge in [0.15, 0.2) is 0 Å². The van der Waals surface area contributed by atoms with Crippen molar-refractivity contribution < 1.29 is 14.3 Å². The van der Waals surface area contributed by atoms with Gasteiger partial charge in [-0.1, -0.05) is 18.2 Å². The van der Waals surface area contributed by atoms with Crippen LogP contribution in [-0.2, 0) is 11.8 Å². The van der Waals surface area contributed by atoms with Gasteiger partial charge < -0.3 is 9.67 Å². The summed E-state index contributed by atoms with van der Waals surface area (Å²) in [5.41, 5.74) is 3.14. The van der Waals surface area contributed by atoms with Crippen LogP contribution < -0.4 is 0 Å². The zero-order chi connectivity index (χ0) is 18.5. The molecule has 1 atom stereocenters. The van der Waals surface area contributed by atoms with Gasteiger partial charge in [0.05, 0.1) is 6.42 Å². The molecule has 1 aromatic heterocycles. The summed E-state index contributed by atoms with van der Waals surface area (Å²) >= 11 is 0. The molecule has 1 saturated heterocycles. The van der Waals surface area contributed by atoms with E-state index in [0.717, 1.165) is 49.2 Å². The molecule has 138 valence electrons. The zero-order valence-electron chi connectivity index (χ0n) is 15.1. The Labute approximate surface area is 153 Å². The highest BCUT2D eigenvalue weighted by molar-refractivity contribution is 5.78. The summed E-state index contributed by atoms with van der Waals surface area (Å²) in [6.07, 6.45) is 7.23. The fourth-order valence-corrected chi connectivity index (χ4v) is 3.74.